The molecule has 1 aliphatic heterocycles. The van der Waals surface area contributed by atoms with Gasteiger partial charge in [0, 0.05) is 25.7 Å². The molecule has 0 aromatic heterocycles. The SMILES string of the molecule is COc1ccccc1C(=O)N1C(C(=O)Nc2cc(C(=O)N(C)C)ccc2Cl)CC2CCCCC21. The molecular formula is C26H30ClN3O4. The molecule has 2 aromatic carbocycles. The van der Waals surface area contributed by atoms with Gasteiger partial charge in [0.15, 0.2) is 0 Å². The summed E-state index contributed by atoms with van der Waals surface area (Å²) < 4.78 is 5.42. The maximum Gasteiger partial charge on any atom is 0.258 e. The van der Waals surface area contributed by atoms with E-state index in [0.29, 0.717) is 34.0 Å². The normalized spacial score (nSPS) is 21.5. The number of nitrogens with one attached hydrogen (secondary N) is 1. The number of methoxy groups -OCH3 is 1. The Morgan fingerprint density at radius 3 is 2.56 bits per heavy atom. The molecule has 4 rings (SSSR count). The number of benzene rings is 2. The van der Waals surface area contributed by atoms with E-state index in [1.165, 1.54) is 12.0 Å². The predicted octanol–water partition coefficient (Wildman–Crippen LogP) is 4.46. The predicted molar refractivity (Wildman–Crippen MR) is 131 cm³/mol. The molecule has 2 aliphatic rings. The first kappa shape index (κ1) is 24.1. The van der Waals surface area contributed by atoms with E-state index < -0.39 is 6.04 Å². The van der Waals surface area contributed by atoms with Crippen molar-refractivity contribution in [2.75, 3.05) is 26.5 Å². The number of hydrogen-bond donors (Lipinski definition) is 1. The molecule has 1 N–H and O–H groups in total. The minimum atomic E-state index is -0.630. The number of fused-ring (bicyclic) bond motifs is 1. The van der Waals surface area contributed by atoms with Crippen LogP contribution in [0, 0.1) is 5.92 Å². The summed E-state index contributed by atoms with van der Waals surface area (Å²) in [5.74, 6) is 0.0832. The van der Waals surface area contributed by atoms with Crippen LogP contribution in [0.3, 0.4) is 0 Å². The monoisotopic (exact) mass is 483 g/mol. The highest BCUT2D eigenvalue weighted by atomic mass is 35.5. The summed E-state index contributed by atoms with van der Waals surface area (Å²) in [4.78, 5) is 42.9. The van der Waals surface area contributed by atoms with Gasteiger partial charge in [0.2, 0.25) is 5.91 Å². The third kappa shape index (κ3) is 4.62. The van der Waals surface area contributed by atoms with Crippen molar-refractivity contribution in [3.63, 3.8) is 0 Å². The zero-order valence-electron chi connectivity index (χ0n) is 19.7. The molecule has 3 atom stereocenters. The minimum Gasteiger partial charge on any atom is -0.496 e. The molecule has 3 unspecified atom stereocenters. The fourth-order valence-electron chi connectivity index (χ4n) is 5.17. The molecular weight excluding hydrogens is 454 g/mol. The van der Waals surface area contributed by atoms with E-state index in [9.17, 15) is 14.4 Å². The highest BCUT2D eigenvalue weighted by Gasteiger charge is 2.48. The van der Waals surface area contributed by atoms with Gasteiger partial charge in [-0.05, 0) is 55.5 Å². The molecule has 0 spiro atoms. The molecule has 8 heteroatoms. The zero-order chi connectivity index (χ0) is 24.4. The van der Waals surface area contributed by atoms with Crippen LogP contribution in [0.25, 0.3) is 0 Å². The number of nitrogens with zero attached hydrogens (tertiary/aromatic N) is 2. The van der Waals surface area contributed by atoms with Crippen LogP contribution in [0.5, 0.6) is 5.75 Å². The number of amides is 3. The smallest absolute Gasteiger partial charge is 0.258 e. The molecule has 1 heterocycles. The van der Waals surface area contributed by atoms with Crippen molar-refractivity contribution in [1.82, 2.24) is 9.80 Å². The van der Waals surface area contributed by atoms with Crippen molar-refractivity contribution in [2.24, 2.45) is 5.92 Å². The van der Waals surface area contributed by atoms with Crippen LogP contribution in [0.2, 0.25) is 5.02 Å². The number of carbonyl (C=O) groups is 3. The van der Waals surface area contributed by atoms with Crippen molar-refractivity contribution in [3.05, 3.63) is 58.6 Å². The van der Waals surface area contributed by atoms with E-state index >= 15 is 0 Å². The molecule has 2 aromatic rings. The minimum absolute atomic E-state index is 0.0130. The van der Waals surface area contributed by atoms with Crippen molar-refractivity contribution < 1.29 is 19.1 Å². The van der Waals surface area contributed by atoms with Crippen LogP contribution in [-0.4, -0.2) is 60.8 Å². The van der Waals surface area contributed by atoms with E-state index in [0.717, 1.165) is 25.7 Å². The molecule has 1 aliphatic carbocycles. The summed E-state index contributed by atoms with van der Waals surface area (Å²) >= 11 is 6.35. The first-order valence-corrected chi connectivity index (χ1v) is 12.0. The van der Waals surface area contributed by atoms with Crippen LogP contribution in [0.15, 0.2) is 42.5 Å². The van der Waals surface area contributed by atoms with E-state index in [2.05, 4.69) is 5.32 Å². The lowest BCUT2D eigenvalue weighted by Crippen LogP contribution is -2.48. The van der Waals surface area contributed by atoms with Crippen LogP contribution < -0.4 is 10.1 Å². The van der Waals surface area contributed by atoms with E-state index in [1.54, 1.807) is 55.4 Å². The number of likely N-dealkylation sites (tertiary alicyclic amines) is 1. The number of rotatable bonds is 5. The van der Waals surface area contributed by atoms with E-state index in [-0.39, 0.29) is 29.7 Å². The molecule has 1 saturated carbocycles. The van der Waals surface area contributed by atoms with Crippen LogP contribution in [0.1, 0.15) is 52.8 Å². The topological polar surface area (TPSA) is 79.0 Å². The van der Waals surface area contributed by atoms with Gasteiger partial charge in [-0.1, -0.05) is 36.6 Å². The lowest BCUT2D eigenvalue weighted by molar-refractivity contribution is -0.120. The summed E-state index contributed by atoms with van der Waals surface area (Å²) in [5.41, 5.74) is 1.23. The van der Waals surface area contributed by atoms with Crippen LogP contribution in [0.4, 0.5) is 5.69 Å². The third-order valence-corrected chi connectivity index (χ3v) is 7.17. The molecule has 180 valence electrons. The summed E-state index contributed by atoms with van der Waals surface area (Å²) in [6.45, 7) is 0. The molecule has 7 nitrogen and oxygen atoms in total. The van der Waals surface area contributed by atoms with Gasteiger partial charge < -0.3 is 19.9 Å². The number of ether oxygens (including phenoxy) is 1. The maximum absolute atomic E-state index is 13.7. The van der Waals surface area contributed by atoms with Crippen LogP contribution in [-0.2, 0) is 4.79 Å². The van der Waals surface area contributed by atoms with Gasteiger partial charge in [-0.3, -0.25) is 14.4 Å². The lowest BCUT2D eigenvalue weighted by atomic mass is 9.84. The van der Waals surface area contributed by atoms with Crippen molar-refractivity contribution in [2.45, 2.75) is 44.2 Å². The number of carbonyl (C=O) groups excluding carboxylic acids is 3. The van der Waals surface area contributed by atoms with E-state index in [4.69, 9.17) is 16.3 Å². The van der Waals surface area contributed by atoms with Gasteiger partial charge >= 0.3 is 0 Å². The fourth-order valence-corrected chi connectivity index (χ4v) is 5.34. The molecule has 34 heavy (non-hydrogen) atoms. The zero-order valence-corrected chi connectivity index (χ0v) is 20.5. The Hall–Kier alpha value is -3.06. The third-order valence-electron chi connectivity index (χ3n) is 6.84. The standard InChI is InChI=1S/C26H30ClN3O4/c1-29(2)25(32)17-12-13-19(27)20(14-17)28-24(31)22-15-16-8-4-6-10-21(16)30(22)26(33)18-9-5-7-11-23(18)34-3/h5,7,9,11-14,16,21-22H,4,6,8,10,15H2,1-3H3,(H,28,31). The summed E-state index contributed by atoms with van der Waals surface area (Å²) in [7, 11) is 4.86. The number of anilines is 1. The Morgan fingerprint density at radius 2 is 1.82 bits per heavy atom. The number of para-hydroxylation sites is 1. The van der Waals surface area contributed by atoms with Crippen molar-refractivity contribution in [3.8, 4) is 5.75 Å². The lowest BCUT2D eigenvalue weighted by Gasteiger charge is -2.34. The Balaban J connectivity index is 1.64. The Bertz CT molecular complexity index is 1100. The summed E-state index contributed by atoms with van der Waals surface area (Å²) in [6.07, 6.45) is 4.62. The average molecular weight is 484 g/mol. The van der Waals surface area contributed by atoms with Gasteiger partial charge in [-0.25, -0.2) is 0 Å². The highest BCUT2D eigenvalue weighted by molar-refractivity contribution is 6.34. The Kier molecular flexibility index (Phi) is 7.12. The summed E-state index contributed by atoms with van der Waals surface area (Å²) in [6, 6.07) is 11.3. The second-order valence-electron chi connectivity index (χ2n) is 9.16. The molecule has 1 saturated heterocycles. The molecule has 0 bridgehead atoms. The molecule has 2 fully saturated rings. The van der Waals surface area contributed by atoms with Gasteiger partial charge in [0.05, 0.1) is 23.4 Å². The van der Waals surface area contributed by atoms with Crippen molar-refractivity contribution >= 4 is 35.0 Å². The molecule has 0 radical (unpaired) electrons. The number of halogens is 1. The number of hydrogen-bond acceptors (Lipinski definition) is 4. The van der Waals surface area contributed by atoms with Gasteiger partial charge in [-0.2, -0.15) is 0 Å². The van der Waals surface area contributed by atoms with Crippen molar-refractivity contribution in [1.29, 1.82) is 0 Å². The largest absolute Gasteiger partial charge is 0.496 e. The highest BCUT2D eigenvalue weighted by Crippen LogP contribution is 2.41. The second kappa shape index (κ2) is 10.1. The Labute approximate surface area is 205 Å². The quantitative estimate of drug-likeness (QED) is 0.680. The van der Waals surface area contributed by atoms with Gasteiger partial charge in [-0.15, -0.1) is 0 Å². The second-order valence-corrected chi connectivity index (χ2v) is 9.57. The maximum atomic E-state index is 13.7. The first-order chi connectivity index (χ1) is 16.3. The summed E-state index contributed by atoms with van der Waals surface area (Å²) in [5, 5.41) is 3.23. The molecule has 3 amide bonds. The van der Waals surface area contributed by atoms with Gasteiger partial charge in [0.25, 0.3) is 11.8 Å². The fraction of sp³-hybridized carbons (Fsp3) is 0.423. The average Bonchev–Trinajstić information content (AvgIpc) is 3.24. The van der Waals surface area contributed by atoms with Gasteiger partial charge in [0.1, 0.15) is 11.8 Å². The van der Waals surface area contributed by atoms with E-state index in [1.807, 2.05) is 6.07 Å². The van der Waals surface area contributed by atoms with Crippen LogP contribution >= 0.6 is 11.6 Å². The first-order valence-electron chi connectivity index (χ1n) is 11.6. The Morgan fingerprint density at radius 1 is 1.09 bits per heavy atom.